The number of likely N-dealkylation sites (tertiary alicyclic amines) is 1. The molecule has 2 aliphatic heterocycles. The van der Waals surface area contributed by atoms with Crippen molar-refractivity contribution in [2.75, 3.05) is 18.0 Å². The number of halogens is 1. The number of anilines is 1. The van der Waals surface area contributed by atoms with Gasteiger partial charge >= 0.3 is 0 Å². The number of imidazole rings is 1. The first kappa shape index (κ1) is 19.4. The van der Waals surface area contributed by atoms with Gasteiger partial charge in [0.25, 0.3) is 11.8 Å². The minimum Gasteiger partial charge on any atom is -0.340 e. The standard InChI is InChI=1S/C21H22FN7O2/c1-26-11-17(23-13-26)20(30)29-9-15(22)8-16(29)10-27-12-18(24-25-27)21(31)28-7-6-14-4-2-3-5-19(14)28/h2-5,11-13,15-16H,6-10H2,1H3/t15-,16-/m0/s1. The second-order valence-electron chi connectivity index (χ2n) is 8.03. The first-order valence-corrected chi connectivity index (χ1v) is 10.2. The van der Waals surface area contributed by atoms with Crippen molar-refractivity contribution in [1.29, 1.82) is 0 Å². The summed E-state index contributed by atoms with van der Waals surface area (Å²) >= 11 is 0. The summed E-state index contributed by atoms with van der Waals surface area (Å²) in [6.45, 7) is 0.879. The van der Waals surface area contributed by atoms with Crippen LogP contribution in [0.15, 0.2) is 43.0 Å². The monoisotopic (exact) mass is 423 g/mol. The van der Waals surface area contributed by atoms with Gasteiger partial charge in [-0.2, -0.15) is 0 Å². The van der Waals surface area contributed by atoms with Crippen LogP contribution in [0.5, 0.6) is 0 Å². The second kappa shape index (κ2) is 7.60. The lowest BCUT2D eigenvalue weighted by Crippen LogP contribution is -2.38. The molecule has 2 aliphatic rings. The predicted octanol–water partition coefficient (Wildman–Crippen LogP) is 1.47. The average molecular weight is 423 g/mol. The largest absolute Gasteiger partial charge is 0.340 e. The molecule has 160 valence electrons. The topological polar surface area (TPSA) is 89.2 Å². The van der Waals surface area contributed by atoms with E-state index in [4.69, 9.17) is 0 Å². The van der Waals surface area contributed by atoms with E-state index >= 15 is 0 Å². The minimum absolute atomic E-state index is 0.0190. The number of hydrogen-bond donors (Lipinski definition) is 0. The van der Waals surface area contributed by atoms with Gasteiger partial charge in [-0.3, -0.25) is 9.59 Å². The zero-order chi connectivity index (χ0) is 21.5. The predicted molar refractivity (Wildman–Crippen MR) is 109 cm³/mol. The summed E-state index contributed by atoms with van der Waals surface area (Å²) in [7, 11) is 1.77. The van der Waals surface area contributed by atoms with Crippen LogP contribution in [0.4, 0.5) is 10.1 Å². The number of benzene rings is 1. The number of fused-ring (bicyclic) bond motifs is 1. The number of carbonyl (C=O) groups excluding carboxylic acids is 2. The quantitative estimate of drug-likeness (QED) is 0.634. The molecular weight excluding hydrogens is 401 g/mol. The van der Waals surface area contributed by atoms with E-state index < -0.39 is 6.17 Å². The highest BCUT2D eigenvalue weighted by atomic mass is 19.1. The lowest BCUT2D eigenvalue weighted by Gasteiger charge is -2.23. The van der Waals surface area contributed by atoms with Crippen molar-refractivity contribution in [3.05, 3.63) is 59.9 Å². The van der Waals surface area contributed by atoms with Gasteiger partial charge in [0, 0.05) is 31.9 Å². The van der Waals surface area contributed by atoms with Crippen molar-refractivity contribution in [3.8, 4) is 0 Å². The van der Waals surface area contributed by atoms with Crippen molar-refractivity contribution in [1.82, 2.24) is 29.4 Å². The maximum Gasteiger partial charge on any atom is 0.280 e. The summed E-state index contributed by atoms with van der Waals surface area (Å²) in [5.41, 5.74) is 2.54. The van der Waals surface area contributed by atoms with Crippen LogP contribution in [0.25, 0.3) is 0 Å². The Balaban J connectivity index is 1.31. The van der Waals surface area contributed by atoms with E-state index in [2.05, 4.69) is 15.3 Å². The molecule has 4 heterocycles. The van der Waals surface area contributed by atoms with Crippen LogP contribution in [0.3, 0.4) is 0 Å². The van der Waals surface area contributed by atoms with Crippen LogP contribution in [0.2, 0.25) is 0 Å². The normalized spacial score (nSPS) is 20.3. The van der Waals surface area contributed by atoms with E-state index in [0.717, 1.165) is 17.7 Å². The fourth-order valence-corrected chi connectivity index (χ4v) is 4.34. The molecule has 0 bridgehead atoms. The molecule has 2 amide bonds. The van der Waals surface area contributed by atoms with E-state index in [9.17, 15) is 14.0 Å². The maximum atomic E-state index is 14.2. The Morgan fingerprint density at radius 3 is 2.81 bits per heavy atom. The van der Waals surface area contributed by atoms with Crippen molar-refractivity contribution in [3.63, 3.8) is 0 Å². The third-order valence-electron chi connectivity index (χ3n) is 5.84. The molecular formula is C21H22FN7O2. The molecule has 0 saturated carbocycles. The van der Waals surface area contributed by atoms with Crippen molar-refractivity contribution >= 4 is 17.5 Å². The molecule has 31 heavy (non-hydrogen) atoms. The van der Waals surface area contributed by atoms with Gasteiger partial charge in [0.2, 0.25) is 0 Å². The summed E-state index contributed by atoms with van der Waals surface area (Å²) in [5.74, 6) is -0.525. The number of rotatable bonds is 4. The highest BCUT2D eigenvalue weighted by Gasteiger charge is 2.37. The van der Waals surface area contributed by atoms with Crippen molar-refractivity contribution in [2.24, 2.45) is 7.05 Å². The molecule has 3 aromatic rings. The Kier molecular flexibility index (Phi) is 4.76. The van der Waals surface area contributed by atoms with Crippen molar-refractivity contribution in [2.45, 2.75) is 31.6 Å². The van der Waals surface area contributed by atoms with E-state index in [1.807, 2.05) is 24.3 Å². The lowest BCUT2D eigenvalue weighted by molar-refractivity contribution is 0.0708. The van der Waals surface area contributed by atoms with Gasteiger partial charge in [-0.15, -0.1) is 5.10 Å². The molecule has 2 atom stereocenters. The molecule has 10 heteroatoms. The Morgan fingerprint density at radius 1 is 1.16 bits per heavy atom. The number of nitrogens with zero attached hydrogens (tertiary/aromatic N) is 7. The highest BCUT2D eigenvalue weighted by Crippen LogP contribution is 2.28. The van der Waals surface area contributed by atoms with Gasteiger partial charge in [0.15, 0.2) is 5.69 Å². The molecule has 1 fully saturated rings. The Labute approximate surface area is 178 Å². The molecule has 1 aromatic carbocycles. The maximum absolute atomic E-state index is 14.2. The van der Waals surface area contributed by atoms with Gasteiger partial charge in [0.05, 0.1) is 31.7 Å². The van der Waals surface area contributed by atoms with Crippen LogP contribution in [0, 0.1) is 0 Å². The summed E-state index contributed by atoms with van der Waals surface area (Å²) in [4.78, 5) is 33.0. The highest BCUT2D eigenvalue weighted by molar-refractivity contribution is 6.05. The molecule has 9 nitrogen and oxygen atoms in total. The second-order valence-corrected chi connectivity index (χ2v) is 8.03. The molecule has 1 saturated heterocycles. The third kappa shape index (κ3) is 3.58. The van der Waals surface area contributed by atoms with E-state index in [1.54, 1.807) is 28.9 Å². The number of aromatic nitrogens is 5. The van der Waals surface area contributed by atoms with Gasteiger partial charge < -0.3 is 14.4 Å². The Hall–Kier alpha value is -3.56. The first-order valence-electron chi connectivity index (χ1n) is 10.2. The molecule has 0 radical (unpaired) electrons. The van der Waals surface area contributed by atoms with E-state index in [-0.39, 0.29) is 48.8 Å². The van der Waals surface area contributed by atoms with E-state index in [1.165, 1.54) is 15.9 Å². The van der Waals surface area contributed by atoms with Gasteiger partial charge in [-0.25, -0.2) is 14.1 Å². The SMILES string of the molecule is Cn1cnc(C(=O)N2C[C@@H](F)C[C@H]2Cn2cc(C(=O)N3CCc4ccccc43)nn2)c1. The molecule has 0 spiro atoms. The summed E-state index contributed by atoms with van der Waals surface area (Å²) in [5, 5.41) is 8.10. The third-order valence-corrected chi connectivity index (χ3v) is 5.84. The summed E-state index contributed by atoms with van der Waals surface area (Å²) < 4.78 is 17.3. The van der Waals surface area contributed by atoms with Gasteiger partial charge in [0.1, 0.15) is 11.9 Å². The molecule has 5 rings (SSSR count). The molecule has 2 aromatic heterocycles. The first-order chi connectivity index (χ1) is 15.0. The number of alkyl halides is 1. The average Bonchev–Trinajstić information content (AvgIpc) is 3.54. The van der Waals surface area contributed by atoms with Gasteiger partial charge in [-0.1, -0.05) is 23.4 Å². The minimum atomic E-state index is -1.11. The molecule has 0 unspecified atom stereocenters. The number of aryl methyl sites for hydroxylation is 1. The van der Waals surface area contributed by atoms with Crippen LogP contribution >= 0.6 is 0 Å². The zero-order valence-corrected chi connectivity index (χ0v) is 17.1. The molecule has 0 N–H and O–H groups in total. The summed E-state index contributed by atoms with van der Waals surface area (Å²) in [6, 6.07) is 7.41. The number of amides is 2. The number of carbonyl (C=O) groups is 2. The van der Waals surface area contributed by atoms with Crippen molar-refractivity contribution < 1.29 is 14.0 Å². The number of hydrogen-bond acceptors (Lipinski definition) is 5. The smallest absolute Gasteiger partial charge is 0.280 e. The Morgan fingerprint density at radius 2 is 2.00 bits per heavy atom. The van der Waals surface area contributed by atoms with Crippen LogP contribution < -0.4 is 4.90 Å². The number of para-hydroxylation sites is 1. The lowest BCUT2D eigenvalue weighted by atomic mass is 10.2. The van der Waals surface area contributed by atoms with E-state index in [0.29, 0.717) is 6.54 Å². The van der Waals surface area contributed by atoms with Crippen LogP contribution in [0.1, 0.15) is 33.0 Å². The van der Waals surface area contributed by atoms with Crippen LogP contribution in [-0.4, -0.2) is 66.6 Å². The van der Waals surface area contributed by atoms with Gasteiger partial charge in [-0.05, 0) is 18.1 Å². The summed E-state index contributed by atoms with van der Waals surface area (Å²) in [6.07, 6.45) is 4.63. The zero-order valence-electron chi connectivity index (χ0n) is 17.1. The molecule has 0 aliphatic carbocycles. The fraction of sp³-hybridized carbons (Fsp3) is 0.381. The Bertz CT molecular complexity index is 1140. The fourth-order valence-electron chi connectivity index (χ4n) is 4.34. The van der Waals surface area contributed by atoms with Crippen LogP contribution in [-0.2, 0) is 20.0 Å².